The third-order valence-corrected chi connectivity index (χ3v) is 15.6. The molecule has 0 unspecified atom stereocenters. The van der Waals surface area contributed by atoms with Crippen LogP contribution in [0.1, 0.15) is 45.7 Å². The van der Waals surface area contributed by atoms with Crippen molar-refractivity contribution in [1.82, 2.24) is 16.0 Å². The maximum absolute atomic E-state index is 15.3. The number of benzene rings is 8. The normalized spacial score (nSPS) is 16.2. The molecule has 2 aliphatic heterocycles. The third kappa shape index (κ3) is 10.6. The molecule has 6 amide bonds. The molecule has 2 aliphatic rings. The fraction of sp³-hybridized carbons (Fsp3) is 0.213. The van der Waals surface area contributed by atoms with Crippen LogP contribution in [0.25, 0.3) is 32.3 Å². The molecule has 16 nitrogen and oxygen atoms in total. The van der Waals surface area contributed by atoms with Crippen molar-refractivity contribution in [2.45, 2.75) is 51.1 Å². The van der Waals surface area contributed by atoms with Crippen molar-refractivity contribution in [3.05, 3.63) is 177 Å². The monoisotopic (exact) mass is 1190 g/mol. The van der Waals surface area contributed by atoms with Gasteiger partial charge in [0.05, 0.1) is 75.2 Å². The molecule has 402 valence electrons. The number of methoxy groups -OCH3 is 2. The molecular weight excluding hydrogens is 1130 g/mol. The first-order valence-electron chi connectivity index (χ1n) is 25.6. The van der Waals surface area contributed by atoms with E-state index in [2.05, 4.69) is 47.8 Å². The zero-order valence-corrected chi connectivity index (χ0v) is 47.1. The Balaban J connectivity index is 1.02. The Labute approximate surface area is 473 Å². The zero-order chi connectivity index (χ0) is 55.8. The van der Waals surface area contributed by atoms with Gasteiger partial charge in [-0.2, -0.15) is 0 Å². The molecule has 2 heterocycles. The van der Waals surface area contributed by atoms with Crippen LogP contribution in [-0.2, 0) is 32.3 Å². The quantitative estimate of drug-likeness (QED) is 0.0865. The van der Waals surface area contributed by atoms with Crippen LogP contribution in [-0.4, -0.2) is 94.0 Å². The minimum atomic E-state index is -1.22. The lowest BCUT2D eigenvalue weighted by molar-refractivity contribution is -0.128. The molecule has 10 rings (SSSR count). The Morgan fingerprint density at radius 3 is 1.39 bits per heavy atom. The van der Waals surface area contributed by atoms with Crippen LogP contribution in [0.2, 0.25) is 0 Å². The van der Waals surface area contributed by atoms with Gasteiger partial charge in [-0.3, -0.25) is 28.8 Å². The Morgan fingerprint density at radius 1 is 0.557 bits per heavy atom. The van der Waals surface area contributed by atoms with E-state index in [1.165, 1.54) is 16.7 Å². The van der Waals surface area contributed by atoms with E-state index in [1.54, 1.807) is 123 Å². The molecular formula is C61H56Br2N8O8. The first-order chi connectivity index (χ1) is 38.1. The molecule has 4 atom stereocenters. The van der Waals surface area contributed by atoms with Gasteiger partial charge >= 0.3 is 0 Å². The van der Waals surface area contributed by atoms with E-state index in [0.717, 1.165) is 47.0 Å². The zero-order valence-electron chi connectivity index (χ0n) is 43.9. The van der Waals surface area contributed by atoms with E-state index >= 15 is 14.4 Å². The number of amides is 6. The number of nitrogens with one attached hydrogen (secondary N) is 3. The van der Waals surface area contributed by atoms with Crippen molar-refractivity contribution in [1.29, 1.82) is 0 Å². The Bertz CT molecular complexity index is 3780. The van der Waals surface area contributed by atoms with Gasteiger partial charge in [0.15, 0.2) is 0 Å². The van der Waals surface area contributed by atoms with E-state index in [-0.39, 0.29) is 37.3 Å². The van der Waals surface area contributed by atoms with Gasteiger partial charge in [0.25, 0.3) is 23.6 Å². The second-order valence-electron chi connectivity index (χ2n) is 19.6. The molecule has 0 aliphatic carbocycles. The van der Waals surface area contributed by atoms with Crippen molar-refractivity contribution in [2.75, 3.05) is 54.0 Å². The second kappa shape index (κ2) is 22.7. The highest BCUT2D eigenvalue weighted by Crippen LogP contribution is 2.41. The van der Waals surface area contributed by atoms with Crippen LogP contribution in [0, 0.1) is 0 Å². The standard InChI is InChI=1S/C61H56Br2N8O8/c1-34(64)56(72)66-48-32-70(52-12-8-6-10-50(52)68(60(48)76)30-46-44-22-20-42(62)28-37(44)18-24-54(46)78-4)58(74)39-16-14-36-15-17-40(27-41(36)26-39)59(75)71-33-49(67-57(73)35(2)65-3)61(77)69(51-11-7-9-13-53(51)71)31-47-45-23-21-43(63)29-38(45)19-25-55(47)79-5/h6-29,34-35,48-49,65H,30-33,64H2,1-5H3,(H,66,72)(H,67,73)/t34-,35-,48-,49-/m0/s1. The summed E-state index contributed by atoms with van der Waals surface area (Å²) in [6.07, 6.45) is 0. The van der Waals surface area contributed by atoms with Gasteiger partial charge in [-0.15, -0.1) is 0 Å². The van der Waals surface area contributed by atoms with Crippen LogP contribution in [0.15, 0.2) is 155 Å². The summed E-state index contributed by atoms with van der Waals surface area (Å²) in [4.78, 5) is 93.7. The van der Waals surface area contributed by atoms with Gasteiger partial charge in [0.2, 0.25) is 11.8 Å². The molecule has 8 aromatic carbocycles. The van der Waals surface area contributed by atoms with Crippen molar-refractivity contribution in [3.63, 3.8) is 0 Å². The number of halogens is 2. The SMILES string of the molecule is CN[C@@H](C)C(=O)N[C@H]1CN(C(=O)c2ccc3ccc(C(=O)N4C[C@H](NC(=O)[C@H](C)N)C(=O)N(Cc5c(OC)ccc6cc(Br)ccc56)c5ccccc54)cc3c2)c2ccccc2N(Cc2c(OC)ccc3cc(Br)ccc23)C1=O. The molecule has 0 fully saturated rings. The van der Waals surface area contributed by atoms with Crippen LogP contribution < -0.4 is 50.8 Å². The van der Waals surface area contributed by atoms with Gasteiger partial charge in [-0.05, 0) is 138 Å². The number of nitrogens with zero attached hydrogens (tertiary/aromatic N) is 4. The highest BCUT2D eigenvalue weighted by Gasteiger charge is 2.40. The number of anilines is 4. The third-order valence-electron chi connectivity index (χ3n) is 14.7. The molecule has 79 heavy (non-hydrogen) atoms. The first kappa shape index (κ1) is 54.2. The van der Waals surface area contributed by atoms with E-state index < -0.39 is 59.6 Å². The fourth-order valence-electron chi connectivity index (χ4n) is 10.4. The average Bonchev–Trinajstić information content (AvgIpc) is 3.91. The van der Waals surface area contributed by atoms with Gasteiger partial charge in [-0.1, -0.05) is 92.5 Å². The minimum Gasteiger partial charge on any atom is -0.496 e. The largest absolute Gasteiger partial charge is 0.496 e. The molecule has 0 aromatic heterocycles. The second-order valence-corrected chi connectivity index (χ2v) is 21.4. The molecule has 0 radical (unpaired) electrons. The fourth-order valence-corrected chi connectivity index (χ4v) is 11.1. The smallest absolute Gasteiger partial charge is 0.258 e. The maximum Gasteiger partial charge on any atom is 0.258 e. The lowest BCUT2D eigenvalue weighted by atomic mass is 10.0. The van der Waals surface area contributed by atoms with Crippen LogP contribution >= 0.6 is 31.9 Å². The number of hydrogen-bond donors (Lipinski definition) is 4. The molecule has 0 saturated carbocycles. The van der Waals surface area contributed by atoms with E-state index in [4.69, 9.17) is 15.2 Å². The predicted octanol–water partition coefficient (Wildman–Crippen LogP) is 9.00. The van der Waals surface area contributed by atoms with Crippen LogP contribution in [0.3, 0.4) is 0 Å². The molecule has 0 bridgehead atoms. The highest BCUT2D eigenvalue weighted by molar-refractivity contribution is 9.10. The summed E-state index contributed by atoms with van der Waals surface area (Å²) >= 11 is 7.14. The van der Waals surface area contributed by atoms with Crippen molar-refractivity contribution < 1.29 is 38.2 Å². The number of likely N-dealkylation sites (N-methyl/N-ethyl adjacent to an activating group) is 1. The van der Waals surface area contributed by atoms with Crippen LogP contribution in [0.5, 0.6) is 11.5 Å². The summed E-state index contributed by atoms with van der Waals surface area (Å²) < 4.78 is 13.5. The van der Waals surface area contributed by atoms with Crippen molar-refractivity contribution in [3.8, 4) is 11.5 Å². The van der Waals surface area contributed by atoms with E-state index in [1.807, 2.05) is 60.7 Å². The maximum atomic E-state index is 15.3. The van der Waals surface area contributed by atoms with Crippen molar-refractivity contribution >= 4 is 122 Å². The average molecular weight is 1190 g/mol. The summed E-state index contributed by atoms with van der Waals surface area (Å²) in [5.74, 6) is -1.72. The minimum absolute atomic E-state index is 0.0322. The molecule has 18 heteroatoms. The van der Waals surface area contributed by atoms with Gasteiger partial charge in [-0.25, -0.2) is 0 Å². The number of rotatable bonds is 13. The van der Waals surface area contributed by atoms with Gasteiger partial charge in [0.1, 0.15) is 23.6 Å². The summed E-state index contributed by atoms with van der Waals surface area (Å²) in [7, 11) is 4.78. The van der Waals surface area contributed by atoms with Gasteiger partial charge < -0.3 is 50.8 Å². The Hall–Kier alpha value is -8.16. The number of fused-ring (bicyclic) bond motifs is 5. The summed E-state index contributed by atoms with van der Waals surface area (Å²) in [5, 5.41) is 13.5. The summed E-state index contributed by atoms with van der Waals surface area (Å²) in [6, 6.07) is 39.8. The van der Waals surface area contributed by atoms with Crippen LogP contribution in [0.4, 0.5) is 22.7 Å². The van der Waals surface area contributed by atoms with Crippen molar-refractivity contribution in [2.24, 2.45) is 5.73 Å². The topological polar surface area (TPSA) is 196 Å². The predicted molar refractivity (Wildman–Crippen MR) is 315 cm³/mol. The number of hydrogen-bond acceptors (Lipinski definition) is 10. The lowest BCUT2D eigenvalue weighted by Crippen LogP contribution is -2.55. The summed E-state index contributed by atoms with van der Waals surface area (Å²) in [5.41, 5.74) is 9.72. The first-order valence-corrected chi connectivity index (χ1v) is 27.2. The van der Waals surface area contributed by atoms with E-state index in [0.29, 0.717) is 39.6 Å². The summed E-state index contributed by atoms with van der Waals surface area (Å²) in [6.45, 7) is 2.84. The number of ether oxygens (including phenoxy) is 2. The Kier molecular flexibility index (Phi) is 15.6. The highest BCUT2D eigenvalue weighted by atomic mass is 79.9. The molecule has 0 saturated heterocycles. The number of nitrogens with two attached hydrogens (primary N) is 1. The molecule has 8 aromatic rings. The lowest BCUT2D eigenvalue weighted by Gasteiger charge is -2.27. The number of carbonyl (C=O) groups is 6. The van der Waals surface area contributed by atoms with Gasteiger partial charge in [0, 0.05) is 31.2 Å². The molecule has 0 spiro atoms. The van der Waals surface area contributed by atoms with E-state index in [9.17, 15) is 14.4 Å². The number of carbonyl (C=O) groups excluding carboxylic acids is 6. The number of para-hydroxylation sites is 4. The molecule has 5 N–H and O–H groups in total. The Morgan fingerprint density at radius 2 is 0.975 bits per heavy atom.